The molecule has 0 saturated carbocycles. The molecule has 1 aromatic rings. The molecule has 2 N–H and O–H groups in total. The Morgan fingerprint density at radius 2 is 1.81 bits per heavy atom. The molecule has 0 aliphatic heterocycles. The molecule has 0 bridgehead atoms. The lowest BCUT2D eigenvalue weighted by Gasteiger charge is -2.17. The van der Waals surface area contributed by atoms with Gasteiger partial charge in [-0.1, -0.05) is 34.6 Å². The molecule has 0 radical (unpaired) electrons. The predicted molar refractivity (Wildman–Crippen MR) is 90.2 cm³/mol. The molecule has 122 valence electrons. The third kappa shape index (κ3) is 5.36. The standard InChI is InChI=1S/C15H28N2O2S2/c1-10(2)12(5)7-17-21(18,19)15-13(6)9-20-14(15)8-16-11(3)4/h9-12,16-17H,7-8H2,1-6H3. The number of hydrogen-bond acceptors (Lipinski definition) is 4. The topological polar surface area (TPSA) is 58.2 Å². The molecule has 0 fully saturated rings. The lowest BCUT2D eigenvalue weighted by molar-refractivity contribution is 0.414. The van der Waals surface area contributed by atoms with Crippen LogP contribution < -0.4 is 10.0 Å². The minimum Gasteiger partial charge on any atom is -0.310 e. The van der Waals surface area contributed by atoms with Crippen molar-refractivity contribution in [2.24, 2.45) is 11.8 Å². The number of sulfonamides is 1. The van der Waals surface area contributed by atoms with Crippen LogP contribution in [0.1, 0.15) is 45.1 Å². The van der Waals surface area contributed by atoms with E-state index in [-0.39, 0.29) is 0 Å². The average molecular weight is 333 g/mol. The highest BCUT2D eigenvalue weighted by molar-refractivity contribution is 7.89. The van der Waals surface area contributed by atoms with Gasteiger partial charge in [0.25, 0.3) is 0 Å². The van der Waals surface area contributed by atoms with E-state index in [1.165, 1.54) is 11.3 Å². The van der Waals surface area contributed by atoms with Crippen molar-refractivity contribution >= 4 is 21.4 Å². The second kappa shape index (κ2) is 7.72. The summed E-state index contributed by atoms with van der Waals surface area (Å²) in [5.74, 6) is 0.773. The number of aryl methyl sites for hydroxylation is 1. The van der Waals surface area contributed by atoms with Gasteiger partial charge in [0.1, 0.15) is 4.90 Å². The Morgan fingerprint density at radius 1 is 1.19 bits per heavy atom. The summed E-state index contributed by atoms with van der Waals surface area (Å²) in [6.45, 7) is 13.3. The van der Waals surface area contributed by atoms with Gasteiger partial charge >= 0.3 is 0 Å². The van der Waals surface area contributed by atoms with E-state index < -0.39 is 10.0 Å². The normalized spacial score (nSPS) is 14.1. The van der Waals surface area contributed by atoms with Crippen LogP contribution >= 0.6 is 11.3 Å². The molecule has 21 heavy (non-hydrogen) atoms. The van der Waals surface area contributed by atoms with E-state index in [0.29, 0.717) is 35.9 Å². The zero-order valence-corrected chi connectivity index (χ0v) is 15.5. The highest BCUT2D eigenvalue weighted by Crippen LogP contribution is 2.27. The van der Waals surface area contributed by atoms with Gasteiger partial charge in [0.2, 0.25) is 10.0 Å². The third-order valence-electron chi connectivity index (χ3n) is 3.66. The van der Waals surface area contributed by atoms with Crippen molar-refractivity contribution in [1.82, 2.24) is 10.0 Å². The van der Waals surface area contributed by atoms with E-state index in [1.54, 1.807) is 0 Å². The smallest absolute Gasteiger partial charge is 0.241 e. The maximum absolute atomic E-state index is 12.6. The minimum atomic E-state index is -3.43. The fourth-order valence-corrected chi connectivity index (χ4v) is 4.72. The van der Waals surface area contributed by atoms with Crippen molar-refractivity contribution in [3.63, 3.8) is 0 Å². The van der Waals surface area contributed by atoms with Crippen LogP contribution in [-0.4, -0.2) is 21.0 Å². The summed E-state index contributed by atoms with van der Waals surface area (Å²) in [7, 11) is -3.43. The van der Waals surface area contributed by atoms with E-state index in [0.717, 1.165) is 10.4 Å². The Hall–Kier alpha value is -0.430. The zero-order valence-electron chi connectivity index (χ0n) is 13.9. The molecule has 0 spiro atoms. The molecule has 4 nitrogen and oxygen atoms in total. The average Bonchev–Trinajstić information content (AvgIpc) is 2.75. The van der Waals surface area contributed by atoms with Crippen LogP contribution in [0.2, 0.25) is 0 Å². The maximum atomic E-state index is 12.6. The van der Waals surface area contributed by atoms with E-state index in [9.17, 15) is 8.42 Å². The van der Waals surface area contributed by atoms with Gasteiger partial charge in [0, 0.05) is 24.0 Å². The van der Waals surface area contributed by atoms with Crippen LogP contribution in [0.25, 0.3) is 0 Å². The molecule has 0 amide bonds. The quantitative estimate of drug-likeness (QED) is 0.769. The van der Waals surface area contributed by atoms with Gasteiger partial charge < -0.3 is 5.32 Å². The van der Waals surface area contributed by atoms with Crippen molar-refractivity contribution in [3.8, 4) is 0 Å². The Morgan fingerprint density at radius 3 is 2.33 bits per heavy atom. The Balaban J connectivity index is 2.89. The van der Waals surface area contributed by atoms with Gasteiger partial charge in [-0.05, 0) is 29.7 Å². The van der Waals surface area contributed by atoms with Gasteiger partial charge in [-0.25, -0.2) is 13.1 Å². The third-order valence-corrected chi connectivity index (χ3v) is 6.55. The fourth-order valence-electron chi connectivity index (χ4n) is 1.82. The van der Waals surface area contributed by atoms with Crippen molar-refractivity contribution in [1.29, 1.82) is 0 Å². The van der Waals surface area contributed by atoms with Crippen molar-refractivity contribution in [2.75, 3.05) is 6.54 Å². The summed E-state index contributed by atoms with van der Waals surface area (Å²) in [6, 6.07) is 0.330. The molecule has 0 aliphatic carbocycles. The Bertz CT molecular complexity index is 548. The second-order valence-electron chi connectivity index (χ2n) is 6.28. The SMILES string of the molecule is Cc1csc(CNC(C)C)c1S(=O)(=O)NCC(C)C(C)C. The van der Waals surface area contributed by atoms with Crippen LogP contribution in [0.4, 0.5) is 0 Å². The van der Waals surface area contributed by atoms with Gasteiger partial charge in [0.05, 0.1) is 0 Å². The first-order valence-corrected chi connectivity index (χ1v) is 9.81. The van der Waals surface area contributed by atoms with Crippen LogP contribution in [-0.2, 0) is 16.6 Å². The highest BCUT2D eigenvalue weighted by atomic mass is 32.2. The van der Waals surface area contributed by atoms with E-state index in [4.69, 9.17) is 0 Å². The molecule has 1 aromatic heterocycles. The number of nitrogens with one attached hydrogen (secondary N) is 2. The van der Waals surface area contributed by atoms with Crippen LogP contribution in [0.5, 0.6) is 0 Å². The lowest BCUT2D eigenvalue weighted by Crippen LogP contribution is -2.31. The van der Waals surface area contributed by atoms with E-state index in [2.05, 4.69) is 44.7 Å². The maximum Gasteiger partial charge on any atom is 0.241 e. The first kappa shape index (κ1) is 18.6. The van der Waals surface area contributed by atoms with Crippen LogP contribution in [0.15, 0.2) is 10.3 Å². The molecule has 6 heteroatoms. The van der Waals surface area contributed by atoms with Crippen LogP contribution in [0, 0.1) is 18.8 Å². The summed E-state index contributed by atoms with van der Waals surface area (Å²) in [6.07, 6.45) is 0. The van der Waals surface area contributed by atoms with Gasteiger partial charge in [-0.15, -0.1) is 11.3 Å². The summed E-state index contributed by atoms with van der Waals surface area (Å²) in [5.41, 5.74) is 0.824. The number of rotatable bonds is 8. The zero-order chi connectivity index (χ0) is 16.2. The molecule has 0 saturated heterocycles. The summed E-state index contributed by atoms with van der Waals surface area (Å²) in [4.78, 5) is 1.34. The van der Waals surface area contributed by atoms with E-state index >= 15 is 0 Å². The van der Waals surface area contributed by atoms with Crippen molar-refractivity contribution in [3.05, 3.63) is 15.8 Å². The molecule has 1 unspecified atom stereocenters. The summed E-state index contributed by atoms with van der Waals surface area (Å²) < 4.78 is 27.9. The predicted octanol–water partition coefficient (Wildman–Crippen LogP) is 3.12. The fraction of sp³-hybridized carbons (Fsp3) is 0.733. The molecule has 1 heterocycles. The number of thiophene rings is 1. The van der Waals surface area contributed by atoms with Gasteiger partial charge in [0.15, 0.2) is 0 Å². The van der Waals surface area contributed by atoms with Crippen molar-refractivity contribution < 1.29 is 8.42 Å². The molecule has 1 rings (SSSR count). The molecule has 0 aliphatic rings. The van der Waals surface area contributed by atoms with Gasteiger partial charge in [-0.2, -0.15) is 0 Å². The minimum absolute atomic E-state index is 0.316. The lowest BCUT2D eigenvalue weighted by atomic mass is 9.99. The largest absolute Gasteiger partial charge is 0.310 e. The Kier molecular flexibility index (Phi) is 6.84. The Labute approximate surface area is 133 Å². The monoisotopic (exact) mass is 332 g/mol. The van der Waals surface area contributed by atoms with Crippen molar-refractivity contribution in [2.45, 2.75) is 59.0 Å². The molecular formula is C15H28N2O2S2. The molecular weight excluding hydrogens is 304 g/mol. The molecule has 1 atom stereocenters. The first-order valence-electron chi connectivity index (χ1n) is 7.45. The van der Waals surface area contributed by atoms with Gasteiger partial charge in [-0.3, -0.25) is 0 Å². The second-order valence-corrected chi connectivity index (χ2v) is 8.95. The highest BCUT2D eigenvalue weighted by Gasteiger charge is 2.23. The summed E-state index contributed by atoms with van der Waals surface area (Å²) >= 11 is 1.50. The first-order chi connectivity index (χ1) is 9.65. The molecule has 0 aromatic carbocycles. The number of hydrogen-bond donors (Lipinski definition) is 2. The summed E-state index contributed by atoms with van der Waals surface area (Å²) in [5, 5.41) is 5.20. The van der Waals surface area contributed by atoms with E-state index in [1.807, 2.05) is 12.3 Å². The van der Waals surface area contributed by atoms with Crippen LogP contribution in [0.3, 0.4) is 0 Å².